The number of thiazole rings is 1. The van der Waals surface area contributed by atoms with E-state index in [4.69, 9.17) is 21.7 Å². The molecule has 8 heteroatoms. The van der Waals surface area contributed by atoms with Gasteiger partial charge in [-0.1, -0.05) is 108 Å². The molecule has 0 bridgehead atoms. The molecule has 0 saturated carbocycles. The lowest BCUT2D eigenvalue weighted by Crippen LogP contribution is -2.26. The first-order chi connectivity index (χ1) is 20.5. The van der Waals surface area contributed by atoms with Gasteiger partial charge in [-0.25, -0.2) is 4.98 Å². The number of hydrogen-bond donors (Lipinski definition) is 2. The van der Waals surface area contributed by atoms with E-state index in [1.807, 2.05) is 60.7 Å². The number of nitrogens with zero attached hydrogens (tertiary/aromatic N) is 2. The van der Waals surface area contributed by atoms with Crippen molar-refractivity contribution in [1.82, 2.24) is 10.3 Å². The summed E-state index contributed by atoms with van der Waals surface area (Å²) in [6.45, 7) is 1.45. The number of hydrogen-bond acceptors (Lipinski definition) is 5. The van der Waals surface area contributed by atoms with Crippen molar-refractivity contribution in [2.75, 3.05) is 18.0 Å². The number of halogens is 1. The number of nitrogens with one attached hydrogen (secondary N) is 1. The van der Waals surface area contributed by atoms with Gasteiger partial charge in [0, 0.05) is 35.8 Å². The highest BCUT2D eigenvalue weighted by Gasteiger charge is 2.20. The van der Waals surface area contributed by atoms with E-state index in [2.05, 4.69) is 46.6 Å². The topological polar surface area (TPSA) is 82.5 Å². The summed E-state index contributed by atoms with van der Waals surface area (Å²) >= 11 is 7.86. The molecule has 0 spiro atoms. The molecule has 5 rings (SSSR count). The van der Waals surface area contributed by atoms with Crippen molar-refractivity contribution in [3.05, 3.63) is 131 Å². The normalized spacial score (nSPS) is 10.8. The summed E-state index contributed by atoms with van der Waals surface area (Å²) in [7, 11) is 0. The van der Waals surface area contributed by atoms with Crippen LogP contribution in [0.2, 0.25) is 5.02 Å². The monoisotopic (exact) mass is 595 g/mol. The van der Waals surface area contributed by atoms with Crippen LogP contribution in [0.25, 0.3) is 21.7 Å². The maximum absolute atomic E-state index is 12.4. The third-order valence-corrected chi connectivity index (χ3v) is 8.18. The van der Waals surface area contributed by atoms with Gasteiger partial charge in [0.05, 0.1) is 17.0 Å². The zero-order chi connectivity index (χ0) is 29.3. The van der Waals surface area contributed by atoms with Gasteiger partial charge in [0.15, 0.2) is 5.13 Å². The van der Waals surface area contributed by atoms with E-state index >= 15 is 0 Å². The lowest BCUT2D eigenvalue weighted by atomic mass is 10.1. The Labute approximate surface area is 254 Å². The minimum absolute atomic E-state index is 0.0902. The molecule has 1 amide bonds. The number of carbonyl (C=O) groups is 2. The molecule has 2 N–H and O–H groups in total. The number of aliphatic carboxylic acids is 1. The summed E-state index contributed by atoms with van der Waals surface area (Å²) in [5, 5.41) is 13.1. The second-order valence-corrected chi connectivity index (χ2v) is 11.2. The Balaban J connectivity index is 1.44. The first kappa shape index (κ1) is 29.0. The van der Waals surface area contributed by atoms with Gasteiger partial charge in [0.25, 0.3) is 5.91 Å². The highest BCUT2D eigenvalue weighted by Crippen LogP contribution is 2.41. The summed E-state index contributed by atoms with van der Waals surface area (Å²) in [5.41, 5.74) is 5.79. The van der Waals surface area contributed by atoms with E-state index < -0.39 is 5.97 Å². The number of carboxylic acids is 1. The Morgan fingerprint density at radius 3 is 2.14 bits per heavy atom. The van der Waals surface area contributed by atoms with E-state index in [0.717, 1.165) is 45.4 Å². The summed E-state index contributed by atoms with van der Waals surface area (Å²) < 4.78 is 0. The predicted octanol–water partition coefficient (Wildman–Crippen LogP) is 7.58. The lowest BCUT2D eigenvalue weighted by molar-refractivity contribution is -0.136. The summed E-state index contributed by atoms with van der Waals surface area (Å²) in [5.74, 6) is -1.23. The molecule has 0 aliphatic rings. The average Bonchev–Trinajstić information content (AvgIpc) is 3.46. The van der Waals surface area contributed by atoms with Gasteiger partial charge in [-0.15, -0.1) is 0 Å². The number of aromatic nitrogens is 1. The third-order valence-electron chi connectivity index (χ3n) is 6.77. The Hall–Kier alpha value is -4.46. The number of carboxylic acid groups (broad SMARTS) is 1. The molecule has 0 fully saturated rings. The number of benzene rings is 4. The van der Waals surface area contributed by atoms with Gasteiger partial charge >= 0.3 is 5.97 Å². The number of anilines is 1. The Morgan fingerprint density at radius 1 is 0.810 bits per heavy atom. The van der Waals surface area contributed by atoms with Crippen molar-refractivity contribution in [1.29, 1.82) is 0 Å². The quantitative estimate of drug-likeness (QED) is 0.155. The second kappa shape index (κ2) is 13.9. The van der Waals surface area contributed by atoms with Crippen molar-refractivity contribution < 1.29 is 14.7 Å². The van der Waals surface area contributed by atoms with Gasteiger partial charge in [-0.2, -0.15) is 0 Å². The fourth-order valence-corrected chi connectivity index (χ4v) is 5.80. The molecule has 4 aromatic carbocycles. The van der Waals surface area contributed by atoms with E-state index in [-0.39, 0.29) is 18.9 Å². The van der Waals surface area contributed by atoms with Gasteiger partial charge in [0.2, 0.25) is 0 Å². The first-order valence-electron chi connectivity index (χ1n) is 13.7. The smallest absolute Gasteiger partial charge is 0.305 e. The Morgan fingerprint density at radius 2 is 1.48 bits per heavy atom. The van der Waals surface area contributed by atoms with Crippen molar-refractivity contribution in [3.63, 3.8) is 0 Å². The number of amides is 1. The van der Waals surface area contributed by atoms with Crippen LogP contribution in [0.15, 0.2) is 109 Å². The van der Waals surface area contributed by atoms with Gasteiger partial charge in [0.1, 0.15) is 0 Å². The van der Waals surface area contributed by atoms with Crippen LogP contribution >= 0.6 is 22.9 Å². The number of rotatable bonds is 12. The molecule has 0 unspecified atom stereocenters. The molecule has 6 nitrogen and oxygen atoms in total. The largest absolute Gasteiger partial charge is 0.481 e. The highest BCUT2D eigenvalue weighted by atomic mass is 35.5. The molecular formula is C34H30ClN3O3S. The molecule has 1 aromatic heterocycles. The predicted molar refractivity (Wildman–Crippen MR) is 170 cm³/mol. The third kappa shape index (κ3) is 7.63. The second-order valence-electron chi connectivity index (χ2n) is 9.80. The molecule has 0 atom stereocenters. The van der Waals surface area contributed by atoms with Crippen molar-refractivity contribution in [2.24, 2.45) is 0 Å². The molecule has 212 valence electrons. The Bertz CT molecular complexity index is 1620. The fraction of sp³-hybridized carbons (Fsp3) is 0.147. The molecule has 0 aliphatic carbocycles. The summed E-state index contributed by atoms with van der Waals surface area (Å²) in [6, 6.07) is 35.9. The van der Waals surface area contributed by atoms with Gasteiger partial charge in [-0.05, 0) is 47.4 Å². The minimum atomic E-state index is -0.946. The van der Waals surface area contributed by atoms with Crippen LogP contribution in [0.1, 0.15) is 27.9 Å². The maximum atomic E-state index is 12.4. The zero-order valence-corrected chi connectivity index (χ0v) is 24.4. The van der Waals surface area contributed by atoms with Crippen LogP contribution < -0.4 is 10.2 Å². The SMILES string of the molecule is O=C(O)CCNC(=O)c1ccc(CN(CCc2ccccc2)c2nc(-c3ccc(Cl)cc3)c(-c3ccccc3)s2)cc1. The van der Waals surface area contributed by atoms with Crippen LogP contribution in [-0.4, -0.2) is 35.1 Å². The lowest BCUT2D eigenvalue weighted by Gasteiger charge is -2.22. The van der Waals surface area contributed by atoms with E-state index in [9.17, 15) is 9.59 Å². The van der Waals surface area contributed by atoms with Crippen LogP contribution in [0, 0.1) is 0 Å². The minimum Gasteiger partial charge on any atom is -0.481 e. The maximum Gasteiger partial charge on any atom is 0.305 e. The molecule has 1 heterocycles. The number of carbonyl (C=O) groups excluding carboxylic acids is 1. The van der Waals surface area contributed by atoms with Crippen LogP contribution in [0.3, 0.4) is 0 Å². The molecular weight excluding hydrogens is 566 g/mol. The summed E-state index contributed by atoms with van der Waals surface area (Å²) in [6.07, 6.45) is 0.735. The van der Waals surface area contributed by atoms with Gasteiger partial charge in [-0.3, -0.25) is 9.59 Å². The molecule has 5 aromatic rings. The summed E-state index contributed by atoms with van der Waals surface area (Å²) in [4.78, 5) is 31.7. The molecule has 0 aliphatic heterocycles. The van der Waals surface area contributed by atoms with E-state index in [1.165, 1.54) is 5.56 Å². The van der Waals surface area contributed by atoms with Crippen LogP contribution in [0.5, 0.6) is 0 Å². The van der Waals surface area contributed by atoms with E-state index in [1.54, 1.807) is 23.5 Å². The van der Waals surface area contributed by atoms with Crippen LogP contribution in [0.4, 0.5) is 5.13 Å². The molecule has 0 radical (unpaired) electrons. The Kier molecular flexibility index (Phi) is 9.64. The van der Waals surface area contributed by atoms with Crippen molar-refractivity contribution >= 4 is 39.9 Å². The van der Waals surface area contributed by atoms with Crippen molar-refractivity contribution in [3.8, 4) is 21.7 Å². The van der Waals surface area contributed by atoms with Crippen molar-refractivity contribution in [2.45, 2.75) is 19.4 Å². The molecule has 0 saturated heterocycles. The average molecular weight is 596 g/mol. The fourth-order valence-electron chi connectivity index (χ4n) is 4.55. The zero-order valence-electron chi connectivity index (χ0n) is 22.9. The molecule has 42 heavy (non-hydrogen) atoms. The van der Waals surface area contributed by atoms with E-state index in [0.29, 0.717) is 17.1 Å². The highest BCUT2D eigenvalue weighted by molar-refractivity contribution is 7.19. The van der Waals surface area contributed by atoms with Gasteiger partial charge < -0.3 is 15.3 Å². The standard InChI is InChI=1S/C34H30ClN3O3S/c35-29-17-15-26(16-18-29)31-32(27-9-5-2-6-10-27)42-34(37-31)38(22-20-24-7-3-1-4-8-24)23-25-11-13-28(14-12-25)33(41)36-21-19-30(39)40/h1-18H,19-23H2,(H,36,41)(H,39,40). The first-order valence-corrected chi connectivity index (χ1v) is 14.9. The van der Waals surface area contributed by atoms with Crippen LogP contribution in [-0.2, 0) is 17.8 Å².